The van der Waals surface area contributed by atoms with E-state index in [1.54, 1.807) is 37.4 Å². The van der Waals surface area contributed by atoms with Gasteiger partial charge in [0, 0.05) is 6.42 Å². The van der Waals surface area contributed by atoms with Crippen molar-refractivity contribution in [3.8, 4) is 5.75 Å². The minimum atomic E-state index is -0.669. The molecule has 136 valence electrons. The number of ether oxygens (including phenoxy) is 2. The maximum Gasteiger partial charge on any atom is 0.358 e. The first-order valence-electron chi connectivity index (χ1n) is 7.62. The van der Waals surface area contributed by atoms with Gasteiger partial charge in [-0.05, 0) is 39.7 Å². The molecule has 1 aliphatic rings. The van der Waals surface area contributed by atoms with Crippen LogP contribution in [0.4, 0.5) is 5.69 Å². The molecule has 0 radical (unpaired) electrons. The second kappa shape index (κ2) is 7.92. The summed E-state index contributed by atoms with van der Waals surface area (Å²) in [5.41, 5.74) is 7.33. The molecule has 26 heavy (non-hydrogen) atoms. The first kappa shape index (κ1) is 18.5. The molecule has 0 saturated heterocycles. The van der Waals surface area contributed by atoms with Crippen molar-refractivity contribution in [1.82, 2.24) is 4.98 Å². The van der Waals surface area contributed by atoms with Crippen LogP contribution in [-0.2, 0) is 16.2 Å². The van der Waals surface area contributed by atoms with Gasteiger partial charge in [0.1, 0.15) is 17.0 Å². The van der Waals surface area contributed by atoms with Crippen molar-refractivity contribution in [3.63, 3.8) is 0 Å². The summed E-state index contributed by atoms with van der Waals surface area (Å²) in [7, 11) is 1.58. The molecule has 1 atom stereocenters. The fraction of sp³-hybridized carbons (Fsp3) is 0.235. The maximum atomic E-state index is 12.4. The average Bonchev–Trinajstić information content (AvgIpc) is 3.08. The number of nitrogen functional groups attached to an aromatic ring is 1. The van der Waals surface area contributed by atoms with E-state index in [4.69, 9.17) is 31.6 Å². The van der Waals surface area contributed by atoms with Crippen molar-refractivity contribution >= 4 is 43.8 Å². The van der Waals surface area contributed by atoms with Crippen LogP contribution in [0, 0.1) is 0 Å². The van der Waals surface area contributed by atoms with E-state index in [0.29, 0.717) is 16.7 Å². The molecule has 0 bridgehead atoms. The molecule has 9 heteroatoms. The van der Waals surface area contributed by atoms with E-state index in [-0.39, 0.29) is 23.0 Å². The highest BCUT2D eigenvalue weighted by Crippen LogP contribution is 2.32. The summed E-state index contributed by atoms with van der Waals surface area (Å²) < 4.78 is 11.0. The zero-order chi connectivity index (χ0) is 18.7. The molecule has 1 aliphatic heterocycles. The van der Waals surface area contributed by atoms with Crippen LogP contribution in [0.25, 0.3) is 0 Å². The van der Waals surface area contributed by atoms with Crippen LogP contribution in [0.3, 0.4) is 0 Å². The molecule has 0 spiro atoms. The smallest absolute Gasteiger partial charge is 0.358 e. The van der Waals surface area contributed by atoms with Gasteiger partial charge in [0.25, 0.3) is 0 Å². The molecule has 0 fully saturated rings. The number of halogens is 2. The zero-order valence-electron chi connectivity index (χ0n) is 13.7. The van der Waals surface area contributed by atoms with Gasteiger partial charge in [0.05, 0.1) is 23.5 Å². The monoisotopic (exact) mass is 439 g/mol. The fourth-order valence-electron chi connectivity index (χ4n) is 2.32. The number of hydrogen-bond acceptors (Lipinski definition) is 7. The van der Waals surface area contributed by atoms with Gasteiger partial charge in [-0.2, -0.15) is 0 Å². The topological polar surface area (TPSA) is 96.0 Å². The van der Waals surface area contributed by atoms with Gasteiger partial charge in [-0.25, -0.2) is 9.78 Å². The number of aromatic nitrogens is 1. The number of esters is 1. The number of carbonyl (C=O) groups excluding carboxylic acids is 1. The van der Waals surface area contributed by atoms with Gasteiger partial charge < -0.3 is 20.0 Å². The van der Waals surface area contributed by atoms with Crippen LogP contribution in [0.1, 0.15) is 34.3 Å². The number of nitrogens with two attached hydrogens (primary N) is 1. The molecule has 2 N–H and O–H groups in total. The Morgan fingerprint density at radius 2 is 2.15 bits per heavy atom. The highest BCUT2D eigenvalue weighted by atomic mass is 79.9. The molecule has 0 saturated carbocycles. The van der Waals surface area contributed by atoms with Crippen molar-refractivity contribution in [3.05, 3.63) is 52.3 Å². The number of benzene rings is 1. The summed E-state index contributed by atoms with van der Waals surface area (Å²) in [6, 6.07) is 8.72. The summed E-state index contributed by atoms with van der Waals surface area (Å²) in [5.74, 6) is 0.0487. The summed E-state index contributed by atoms with van der Waals surface area (Å²) in [4.78, 5) is 21.9. The first-order chi connectivity index (χ1) is 12.5. The number of nitrogens with zero attached hydrogens (tertiary/aromatic N) is 2. The van der Waals surface area contributed by atoms with Gasteiger partial charge in [-0.3, -0.25) is 0 Å². The SMILES string of the molecule is COc1ccc(COC(=O)c2nc(C3CC(Br)=NO3)cc(N)c2Cl)cc1. The Labute approximate surface area is 163 Å². The Hall–Kier alpha value is -2.32. The molecule has 2 heterocycles. The average molecular weight is 441 g/mol. The fourth-order valence-corrected chi connectivity index (χ4v) is 2.87. The highest BCUT2D eigenvalue weighted by molar-refractivity contribution is 9.18. The second-order valence-corrected chi connectivity index (χ2v) is 6.78. The lowest BCUT2D eigenvalue weighted by atomic mass is 10.1. The molecule has 7 nitrogen and oxygen atoms in total. The Kier molecular flexibility index (Phi) is 5.63. The highest BCUT2D eigenvalue weighted by Gasteiger charge is 2.26. The third-order valence-corrected chi connectivity index (χ3v) is 4.56. The van der Waals surface area contributed by atoms with Crippen LogP contribution in [-0.4, -0.2) is 22.7 Å². The standard InChI is InChI=1S/C17H15BrClN3O4/c1-24-10-4-2-9(3-5-10)8-25-17(23)16-15(19)11(20)6-12(21-16)13-7-14(18)22-26-13/h2-6,13H,7-8H2,1H3,(H2,20,21). The van der Waals surface area contributed by atoms with Crippen LogP contribution < -0.4 is 10.5 Å². The van der Waals surface area contributed by atoms with Crippen LogP contribution in [0.2, 0.25) is 5.02 Å². The number of hydrogen-bond donors (Lipinski definition) is 1. The number of carbonyl (C=O) groups is 1. The van der Waals surface area contributed by atoms with Gasteiger partial charge in [0.2, 0.25) is 0 Å². The predicted octanol–water partition coefficient (Wildman–Crippen LogP) is 3.85. The summed E-state index contributed by atoms with van der Waals surface area (Å²) in [6.45, 7) is 0.0690. The molecular weight excluding hydrogens is 426 g/mol. The van der Waals surface area contributed by atoms with E-state index < -0.39 is 12.1 Å². The van der Waals surface area contributed by atoms with Gasteiger partial charge in [0.15, 0.2) is 11.8 Å². The predicted molar refractivity (Wildman–Crippen MR) is 101 cm³/mol. The molecule has 1 unspecified atom stereocenters. The third kappa shape index (κ3) is 4.08. The van der Waals surface area contributed by atoms with Gasteiger partial charge >= 0.3 is 5.97 Å². The van der Waals surface area contributed by atoms with Crippen LogP contribution in [0.15, 0.2) is 35.5 Å². The third-order valence-electron chi connectivity index (χ3n) is 3.69. The van der Waals surface area contributed by atoms with Crippen molar-refractivity contribution in [2.24, 2.45) is 5.16 Å². The van der Waals surface area contributed by atoms with Crippen molar-refractivity contribution < 1.29 is 19.1 Å². The number of oxime groups is 1. The first-order valence-corrected chi connectivity index (χ1v) is 8.79. The Bertz CT molecular complexity index is 858. The molecule has 1 aromatic heterocycles. The second-order valence-electron chi connectivity index (χ2n) is 5.49. The lowest BCUT2D eigenvalue weighted by molar-refractivity contribution is 0.0462. The van der Waals surface area contributed by atoms with E-state index >= 15 is 0 Å². The summed E-state index contributed by atoms with van der Waals surface area (Å²) >= 11 is 9.39. The molecule has 3 rings (SSSR count). The number of rotatable bonds is 5. The van der Waals surface area contributed by atoms with E-state index in [1.807, 2.05) is 0 Å². The summed E-state index contributed by atoms with van der Waals surface area (Å²) in [6.07, 6.45) is 0.0612. The van der Waals surface area contributed by atoms with Gasteiger partial charge in [-0.15, -0.1) is 0 Å². The normalized spacial score (nSPS) is 16.0. The molecule has 0 aliphatic carbocycles. The van der Waals surface area contributed by atoms with E-state index in [1.165, 1.54) is 0 Å². The van der Waals surface area contributed by atoms with E-state index in [0.717, 1.165) is 11.3 Å². The van der Waals surface area contributed by atoms with E-state index in [9.17, 15) is 4.79 Å². The van der Waals surface area contributed by atoms with Crippen molar-refractivity contribution in [2.75, 3.05) is 12.8 Å². The largest absolute Gasteiger partial charge is 0.497 e. The number of pyridine rings is 1. The Morgan fingerprint density at radius 1 is 1.42 bits per heavy atom. The van der Waals surface area contributed by atoms with Gasteiger partial charge in [-0.1, -0.05) is 28.9 Å². The minimum Gasteiger partial charge on any atom is -0.497 e. The molecule has 2 aromatic rings. The Morgan fingerprint density at radius 3 is 2.77 bits per heavy atom. The van der Waals surface area contributed by atoms with Crippen molar-refractivity contribution in [2.45, 2.75) is 19.1 Å². The lowest BCUT2D eigenvalue weighted by Gasteiger charge is -2.12. The summed E-state index contributed by atoms with van der Waals surface area (Å²) in [5, 5.41) is 3.85. The number of anilines is 1. The quantitative estimate of drug-likeness (QED) is 0.709. The molecule has 0 amide bonds. The van der Waals surface area contributed by atoms with Crippen molar-refractivity contribution in [1.29, 1.82) is 0 Å². The lowest BCUT2D eigenvalue weighted by Crippen LogP contribution is -2.13. The number of methoxy groups -OCH3 is 1. The van der Waals surface area contributed by atoms with E-state index in [2.05, 4.69) is 26.1 Å². The molecule has 1 aromatic carbocycles. The Balaban J connectivity index is 1.74. The molecular formula is C17H15BrClN3O4. The van der Waals surface area contributed by atoms with Crippen LogP contribution in [0.5, 0.6) is 5.75 Å². The maximum absolute atomic E-state index is 12.4. The zero-order valence-corrected chi connectivity index (χ0v) is 16.1. The minimum absolute atomic E-state index is 0.0476. The van der Waals surface area contributed by atoms with Crippen LogP contribution >= 0.6 is 27.5 Å².